The van der Waals surface area contributed by atoms with E-state index in [1.807, 2.05) is 13.8 Å². The smallest absolute Gasteiger partial charge is 0.323 e. The highest BCUT2D eigenvalue weighted by molar-refractivity contribution is 5.93. The average molecular weight is 317 g/mol. The van der Waals surface area contributed by atoms with Crippen LogP contribution < -0.4 is 5.73 Å². The van der Waals surface area contributed by atoms with Gasteiger partial charge in [-0.05, 0) is 22.8 Å². The lowest BCUT2D eigenvalue weighted by atomic mass is 9.79. The molecule has 7 nitrogen and oxygen atoms in total. The molecule has 118 valence electrons. The maximum atomic E-state index is 12.5. The van der Waals surface area contributed by atoms with Gasteiger partial charge in [0, 0.05) is 25.2 Å². The fraction of sp³-hybridized carbons (Fsp3) is 0.615. The van der Waals surface area contributed by atoms with E-state index in [4.69, 9.17) is 5.73 Å². The number of rotatable bonds is 2. The maximum absolute atomic E-state index is 12.5. The first-order chi connectivity index (χ1) is 9.24. The summed E-state index contributed by atoms with van der Waals surface area (Å²) in [5, 5.41) is 10.8. The van der Waals surface area contributed by atoms with Crippen LogP contribution in [0.2, 0.25) is 0 Å². The minimum atomic E-state index is -0.493. The van der Waals surface area contributed by atoms with Crippen LogP contribution >= 0.6 is 12.4 Å². The van der Waals surface area contributed by atoms with Crippen molar-refractivity contribution in [3.05, 3.63) is 27.9 Å². The Bertz CT molecular complexity index is 556. The van der Waals surface area contributed by atoms with Crippen LogP contribution in [-0.2, 0) is 7.05 Å². The van der Waals surface area contributed by atoms with Crippen molar-refractivity contribution in [3.8, 4) is 0 Å². The van der Waals surface area contributed by atoms with Crippen molar-refractivity contribution in [1.29, 1.82) is 0 Å². The summed E-state index contributed by atoms with van der Waals surface area (Å²) in [6.45, 7) is 5.21. The van der Waals surface area contributed by atoms with Crippen molar-refractivity contribution in [2.24, 2.45) is 18.2 Å². The van der Waals surface area contributed by atoms with Crippen molar-refractivity contribution >= 4 is 24.1 Å². The number of amides is 1. The molecule has 0 spiro atoms. The molecule has 2 heterocycles. The van der Waals surface area contributed by atoms with Gasteiger partial charge in [0.15, 0.2) is 5.69 Å². The van der Waals surface area contributed by atoms with E-state index in [2.05, 4.69) is 0 Å². The molecule has 1 aliphatic heterocycles. The molecule has 1 aromatic heterocycles. The number of nitrogens with zero attached hydrogens (tertiary/aromatic N) is 3. The highest BCUT2D eigenvalue weighted by Gasteiger charge is 2.37. The molecule has 0 bridgehead atoms. The number of carbonyl (C=O) groups is 1. The normalized spacial score (nSPS) is 20.8. The molecule has 21 heavy (non-hydrogen) atoms. The van der Waals surface area contributed by atoms with E-state index in [0.717, 1.165) is 6.42 Å². The third kappa shape index (κ3) is 3.19. The molecule has 1 unspecified atom stereocenters. The van der Waals surface area contributed by atoms with Crippen LogP contribution in [0.4, 0.5) is 5.82 Å². The molecule has 0 aliphatic carbocycles. The van der Waals surface area contributed by atoms with Gasteiger partial charge < -0.3 is 20.7 Å². The summed E-state index contributed by atoms with van der Waals surface area (Å²) < 4.78 is 1.32. The molecule has 2 rings (SSSR count). The highest BCUT2D eigenvalue weighted by Crippen LogP contribution is 2.29. The first kappa shape index (κ1) is 17.5. The topological polar surface area (TPSA) is 94.4 Å². The second-order valence-electron chi connectivity index (χ2n) is 6.00. The first-order valence-corrected chi connectivity index (χ1v) is 6.59. The van der Waals surface area contributed by atoms with E-state index in [9.17, 15) is 14.9 Å². The summed E-state index contributed by atoms with van der Waals surface area (Å²) in [6, 6.07) is 2.92. The van der Waals surface area contributed by atoms with Crippen molar-refractivity contribution in [3.63, 3.8) is 0 Å². The molecule has 1 amide bonds. The summed E-state index contributed by atoms with van der Waals surface area (Å²) in [5.74, 6) is -0.262. The van der Waals surface area contributed by atoms with Gasteiger partial charge in [-0.15, -0.1) is 12.4 Å². The predicted molar refractivity (Wildman–Crippen MR) is 81.6 cm³/mol. The molecular formula is C13H21ClN4O3. The zero-order chi connectivity index (χ0) is 15.1. The second kappa shape index (κ2) is 6.03. The largest absolute Gasteiger partial charge is 0.358 e. The van der Waals surface area contributed by atoms with Gasteiger partial charge in [0.1, 0.15) is 0 Å². The fourth-order valence-electron chi connectivity index (χ4n) is 2.61. The zero-order valence-electron chi connectivity index (χ0n) is 12.4. The molecule has 8 heteroatoms. The van der Waals surface area contributed by atoms with Crippen LogP contribution in [0, 0.1) is 15.5 Å². The number of likely N-dealkylation sites (tertiary alicyclic amines) is 1. The molecule has 2 N–H and O–H groups in total. The summed E-state index contributed by atoms with van der Waals surface area (Å²) in [7, 11) is 1.53. The summed E-state index contributed by atoms with van der Waals surface area (Å²) in [6.07, 6.45) is 0.741. The number of aromatic nitrogens is 1. The van der Waals surface area contributed by atoms with Crippen LogP contribution in [0.15, 0.2) is 12.1 Å². The van der Waals surface area contributed by atoms with Gasteiger partial charge in [0.05, 0.1) is 7.05 Å². The highest BCUT2D eigenvalue weighted by atomic mass is 35.5. The Labute approximate surface area is 129 Å². The summed E-state index contributed by atoms with van der Waals surface area (Å²) in [4.78, 5) is 24.5. The Morgan fingerprint density at radius 2 is 2.10 bits per heavy atom. The van der Waals surface area contributed by atoms with E-state index in [1.54, 1.807) is 4.90 Å². The first-order valence-electron chi connectivity index (χ1n) is 6.59. The molecule has 1 fully saturated rings. The Balaban J connectivity index is 0.00000220. The second-order valence-corrected chi connectivity index (χ2v) is 6.00. The number of hydrogen-bond acceptors (Lipinski definition) is 4. The molecule has 0 aromatic carbocycles. The Morgan fingerprint density at radius 3 is 2.57 bits per heavy atom. The lowest BCUT2D eigenvalue weighted by Crippen LogP contribution is -2.54. The SMILES string of the molecule is Cl.Cn1c(C(=O)N2CCC(N)C(C)(C)C2)ccc1[N+](=O)[O-]. The van der Waals surface area contributed by atoms with Crippen LogP contribution in [0.3, 0.4) is 0 Å². The number of hydrogen-bond donors (Lipinski definition) is 1. The van der Waals surface area contributed by atoms with Crippen molar-refractivity contribution < 1.29 is 9.72 Å². The van der Waals surface area contributed by atoms with Gasteiger partial charge in [0.25, 0.3) is 5.91 Å². The van der Waals surface area contributed by atoms with Crippen molar-refractivity contribution in [1.82, 2.24) is 9.47 Å². The van der Waals surface area contributed by atoms with Crippen LogP contribution in [0.1, 0.15) is 30.8 Å². The van der Waals surface area contributed by atoms with E-state index < -0.39 is 4.92 Å². The molecular weight excluding hydrogens is 296 g/mol. The maximum Gasteiger partial charge on any atom is 0.323 e. The van der Waals surface area contributed by atoms with Gasteiger partial charge in [-0.2, -0.15) is 0 Å². The lowest BCUT2D eigenvalue weighted by molar-refractivity contribution is -0.391. The Kier molecular flexibility index (Phi) is 5.01. The van der Waals surface area contributed by atoms with E-state index in [-0.39, 0.29) is 35.6 Å². The van der Waals surface area contributed by atoms with E-state index in [1.165, 1.54) is 23.7 Å². The summed E-state index contributed by atoms with van der Waals surface area (Å²) in [5.41, 5.74) is 6.24. The Hall–Kier alpha value is -1.60. The minimum absolute atomic E-state index is 0. The van der Waals surface area contributed by atoms with Gasteiger partial charge >= 0.3 is 5.82 Å². The van der Waals surface area contributed by atoms with Gasteiger partial charge in [0.2, 0.25) is 0 Å². The number of nitrogens with two attached hydrogens (primary N) is 1. The molecule has 1 atom stereocenters. The minimum Gasteiger partial charge on any atom is -0.358 e. The van der Waals surface area contributed by atoms with Crippen LogP contribution in [0.25, 0.3) is 0 Å². The standard InChI is InChI=1S/C13H20N4O3.ClH/c1-13(2)8-16(7-6-10(13)14)12(18)9-4-5-11(15(9)3)17(19)20;/h4-5,10H,6-8,14H2,1-3H3;1H. The number of nitro groups is 1. The van der Waals surface area contributed by atoms with Crippen LogP contribution in [0.5, 0.6) is 0 Å². The zero-order valence-corrected chi connectivity index (χ0v) is 13.2. The number of carbonyl (C=O) groups excluding carboxylic acids is 1. The third-order valence-corrected chi connectivity index (χ3v) is 4.10. The molecule has 0 saturated carbocycles. The van der Waals surface area contributed by atoms with Crippen molar-refractivity contribution in [2.75, 3.05) is 13.1 Å². The average Bonchev–Trinajstić information content (AvgIpc) is 2.73. The summed E-state index contributed by atoms with van der Waals surface area (Å²) >= 11 is 0. The monoisotopic (exact) mass is 316 g/mol. The van der Waals surface area contributed by atoms with Crippen LogP contribution in [-0.4, -0.2) is 39.4 Å². The predicted octanol–water partition coefficient (Wildman–Crippen LogP) is 1.55. The van der Waals surface area contributed by atoms with Crippen molar-refractivity contribution in [2.45, 2.75) is 26.3 Å². The molecule has 0 radical (unpaired) electrons. The lowest BCUT2D eigenvalue weighted by Gasteiger charge is -2.42. The molecule has 1 aliphatic rings. The fourth-order valence-corrected chi connectivity index (χ4v) is 2.61. The quantitative estimate of drug-likeness (QED) is 0.661. The number of halogens is 1. The number of piperidine rings is 1. The molecule has 1 aromatic rings. The third-order valence-electron chi connectivity index (χ3n) is 4.10. The van der Waals surface area contributed by atoms with Gasteiger partial charge in [-0.3, -0.25) is 4.79 Å². The molecule has 1 saturated heterocycles. The van der Waals surface area contributed by atoms with Gasteiger partial charge in [-0.25, -0.2) is 4.57 Å². The van der Waals surface area contributed by atoms with E-state index >= 15 is 0 Å². The van der Waals surface area contributed by atoms with Gasteiger partial charge in [-0.1, -0.05) is 13.8 Å². The Morgan fingerprint density at radius 1 is 1.48 bits per heavy atom. The van der Waals surface area contributed by atoms with E-state index in [0.29, 0.717) is 18.8 Å².